The van der Waals surface area contributed by atoms with Crippen LogP contribution in [0.2, 0.25) is 0 Å². The second-order valence-electron chi connectivity index (χ2n) is 2.82. The SMILES string of the molecule is O=S(=O)([O-])Oc1cccc2cccnc12.[K+]. The monoisotopic (exact) mass is 263 g/mol. The van der Waals surface area contributed by atoms with E-state index in [1.807, 2.05) is 0 Å². The molecular weight excluding hydrogens is 257 g/mol. The molecule has 5 nitrogen and oxygen atoms in total. The van der Waals surface area contributed by atoms with Gasteiger partial charge in [-0.1, -0.05) is 18.2 Å². The summed E-state index contributed by atoms with van der Waals surface area (Å²) in [5.41, 5.74) is 0.347. The van der Waals surface area contributed by atoms with Crippen molar-refractivity contribution < 1.29 is 68.5 Å². The molecule has 0 saturated carbocycles. The first-order valence-corrected chi connectivity index (χ1v) is 5.39. The fourth-order valence-electron chi connectivity index (χ4n) is 1.25. The number of rotatable bonds is 2. The zero-order valence-electron chi connectivity index (χ0n) is 8.45. The summed E-state index contributed by atoms with van der Waals surface area (Å²) in [4.78, 5) is 3.94. The van der Waals surface area contributed by atoms with E-state index in [1.54, 1.807) is 24.3 Å². The van der Waals surface area contributed by atoms with Gasteiger partial charge in [-0.3, -0.25) is 4.98 Å². The molecule has 1 heterocycles. The van der Waals surface area contributed by atoms with Crippen molar-refractivity contribution >= 4 is 21.3 Å². The molecule has 0 aliphatic carbocycles. The molecule has 16 heavy (non-hydrogen) atoms. The van der Waals surface area contributed by atoms with E-state index in [0.717, 1.165) is 0 Å². The first-order valence-electron chi connectivity index (χ1n) is 4.05. The molecule has 0 unspecified atom stereocenters. The van der Waals surface area contributed by atoms with E-state index in [2.05, 4.69) is 9.17 Å². The van der Waals surface area contributed by atoms with E-state index >= 15 is 0 Å². The van der Waals surface area contributed by atoms with Crippen LogP contribution in [0.4, 0.5) is 0 Å². The third-order valence-electron chi connectivity index (χ3n) is 1.79. The van der Waals surface area contributed by atoms with Crippen LogP contribution in [0.25, 0.3) is 10.9 Å². The topological polar surface area (TPSA) is 79.3 Å². The molecule has 0 atom stereocenters. The Labute approximate surface area is 135 Å². The van der Waals surface area contributed by atoms with Crippen LogP contribution in [0.3, 0.4) is 0 Å². The molecule has 0 aliphatic rings. The largest absolute Gasteiger partial charge is 1.00 e. The molecule has 0 bridgehead atoms. The third kappa shape index (κ3) is 3.49. The number of aromatic nitrogens is 1. The van der Waals surface area contributed by atoms with E-state index < -0.39 is 10.4 Å². The Bertz CT molecular complexity index is 594. The number of pyridine rings is 1. The van der Waals surface area contributed by atoms with Gasteiger partial charge in [-0.2, -0.15) is 0 Å². The molecule has 0 spiro atoms. The summed E-state index contributed by atoms with van der Waals surface area (Å²) < 4.78 is 35.6. The normalized spacial score (nSPS) is 10.8. The van der Waals surface area contributed by atoms with Gasteiger partial charge in [-0.15, -0.1) is 0 Å². The van der Waals surface area contributed by atoms with E-state index in [-0.39, 0.29) is 57.1 Å². The summed E-state index contributed by atoms with van der Waals surface area (Å²) in [6.07, 6.45) is 1.49. The molecule has 0 fully saturated rings. The van der Waals surface area contributed by atoms with E-state index in [0.29, 0.717) is 10.9 Å². The number of hydrogen-bond acceptors (Lipinski definition) is 5. The van der Waals surface area contributed by atoms with Gasteiger partial charge in [0.15, 0.2) is 5.75 Å². The first-order chi connectivity index (χ1) is 7.06. The number of nitrogens with zero attached hydrogens (tertiary/aromatic N) is 1. The van der Waals surface area contributed by atoms with Gasteiger partial charge < -0.3 is 8.74 Å². The maximum absolute atomic E-state index is 10.4. The molecule has 0 radical (unpaired) electrons. The van der Waals surface area contributed by atoms with Crippen molar-refractivity contribution in [1.29, 1.82) is 0 Å². The van der Waals surface area contributed by atoms with Crippen molar-refractivity contribution in [3.8, 4) is 5.75 Å². The second-order valence-corrected chi connectivity index (χ2v) is 3.81. The van der Waals surface area contributed by atoms with Gasteiger partial charge in [0.2, 0.25) is 0 Å². The molecule has 0 saturated heterocycles. The minimum absolute atomic E-state index is 0. The second kappa shape index (κ2) is 5.54. The van der Waals surface area contributed by atoms with Crippen LogP contribution in [0.5, 0.6) is 5.75 Å². The van der Waals surface area contributed by atoms with Crippen LogP contribution in [0.15, 0.2) is 36.5 Å². The Morgan fingerprint density at radius 1 is 1.19 bits per heavy atom. The maximum atomic E-state index is 10.4. The molecule has 0 aliphatic heterocycles. The molecule has 1 aromatic heterocycles. The zero-order valence-corrected chi connectivity index (χ0v) is 12.4. The summed E-state index contributed by atoms with van der Waals surface area (Å²) in [6, 6.07) is 8.16. The average molecular weight is 263 g/mol. The Balaban J connectivity index is 0.00000128. The van der Waals surface area contributed by atoms with Crippen molar-refractivity contribution in [3.63, 3.8) is 0 Å². The minimum Gasteiger partial charge on any atom is -0.716 e. The van der Waals surface area contributed by atoms with Crippen molar-refractivity contribution in [2.45, 2.75) is 0 Å². The predicted octanol–water partition coefficient (Wildman–Crippen LogP) is -1.92. The average Bonchev–Trinajstić information content (AvgIpc) is 2.16. The summed E-state index contributed by atoms with van der Waals surface area (Å²) in [6.45, 7) is 0. The molecule has 7 heteroatoms. The van der Waals surface area contributed by atoms with Gasteiger partial charge in [-0.05, 0) is 12.1 Å². The van der Waals surface area contributed by atoms with Crippen LogP contribution in [-0.4, -0.2) is 18.0 Å². The first kappa shape index (κ1) is 14.0. The Kier molecular flexibility index (Phi) is 4.86. The summed E-state index contributed by atoms with van der Waals surface area (Å²) in [5, 5.41) is 0.707. The molecule has 0 amide bonds. The Morgan fingerprint density at radius 2 is 1.88 bits per heavy atom. The Hall–Kier alpha value is -0.0236. The van der Waals surface area contributed by atoms with Crippen LogP contribution >= 0.6 is 0 Å². The van der Waals surface area contributed by atoms with Crippen LogP contribution in [0, 0.1) is 0 Å². The van der Waals surface area contributed by atoms with Crippen LogP contribution < -0.4 is 55.6 Å². The van der Waals surface area contributed by atoms with E-state index in [1.165, 1.54) is 12.3 Å². The zero-order chi connectivity index (χ0) is 10.9. The number of hydrogen-bond donors (Lipinski definition) is 0. The van der Waals surface area contributed by atoms with Gasteiger partial charge in [0.25, 0.3) is 10.4 Å². The summed E-state index contributed by atoms with van der Waals surface area (Å²) in [5.74, 6) is -0.0527. The van der Waals surface area contributed by atoms with Gasteiger partial charge in [0, 0.05) is 11.6 Å². The summed E-state index contributed by atoms with van der Waals surface area (Å²) >= 11 is 0. The number of fused-ring (bicyclic) bond motifs is 1. The predicted molar refractivity (Wildman–Crippen MR) is 52.1 cm³/mol. The van der Waals surface area contributed by atoms with Crippen molar-refractivity contribution in [3.05, 3.63) is 36.5 Å². The Morgan fingerprint density at radius 3 is 2.56 bits per heavy atom. The minimum atomic E-state index is -4.76. The fourth-order valence-corrected chi connectivity index (χ4v) is 1.61. The third-order valence-corrected chi connectivity index (χ3v) is 2.17. The maximum Gasteiger partial charge on any atom is 1.00 e. The molecule has 1 aromatic carbocycles. The van der Waals surface area contributed by atoms with Crippen LogP contribution in [-0.2, 0) is 10.4 Å². The van der Waals surface area contributed by atoms with Gasteiger partial charge in [0.05, 0.1) is 0 Å². The molecule has 78 valence electrons. The smallest absolute Gasteiger partial charge is 0.716 e. The van der Waals surface area contributed by atoms with Gasteiger partial charge >= 0.3 is 51.4 Å². The molecular formula is C9H6KNO4S. The van der Waals surface area contributed by atoms with Crippen molar-refractivity contribution in [1.82, 2.24) is 4.98 Å². The van der Waals surface area contributed by atoms with Gasteiger partial charge in [-0.25, -0.2) is 8.42 Å². The van der Waals surface area contributed by atoms with Crippen LogP contribution in [0.1, 0.15) is 0 Å². The van der Waals surface area contributed by atoms with Gasteiger partial charge in [0.1, 0.15) is 5.52 Å². The van der Waals surface area contributed by atoms with Crippen molar-refractivity contribution in [2.24, 2.45) is 0 Å². The molecule has 0 N–H and O–H groups in total. The van der Waals surface area contributed by atoms with E-state index in [9.17, 15) is 13.0 Å². The molecule has 2 rings (SSSR count). The fraction of sp³-hybridized carbons (Fsp3) is 0. The van der Waals surface area contributed by atoms with Crippen molar-refractivity contribution in [2.75, 3.05) is 0 Å². The molecule has 2 aromatic rings. The van der Waals surface area contributed by atoms with E-state index in [4.69, 9.17) is 0 Å². The number of benzene rings is 1. The standard InChI is InChI=1S/C9H7NO4S.K/c11-15(12,13)14-8-5-1-3-7-4-2-6-10-9(7)8;/h1-6H,(H,11,12,13);/q;+1/p-1. The number of para-hydroxylation sites is 1. The summed E-state index contributed by atoms with van der Waals surface area (Å²) in [7, 11) is -4.76. The quantitative estimate of drug-likeness (QED) is 0.358.